The van der Waals surface area contributed by atoms with E-state index in [1.165, 1.54) is 6.20 Å². The summed E-state index contributed by atoms with van der Waals surface area (Å²) in [7, 11) is 0. The van der Waals surface area contributed by atoms with E-state index in [0.29, 0.717) is 36.9 Å². The van der Waals surface area contributed by atoms with E-state index in [-0.39, 0.29) is 6.10 Å². The Kier molecular flexibility index (Phi) is 4.91. The summed E-state index contributed by atoms with van der Waals surface area (Å²) in [6, 6.07) is 7.73. The molecule has 1 aromatic carbocycles. The van der Waals surface area contributed by atoms with Crippen LogP contribution in [0.5, 0.6) is 0 Å². The maximum Gasteiger partial charge on any atom is 0.341 e. The van der Waals surface area contributed by atoms with Gasteiger partial charge in [0.1, 0.15) is 5.56 Å². The van der Waals surface area contributed by atoms with E-state index in [2.05, 4.69) is 20.0 Å². The Hall–Kier alpha value is -2.71. The molecule has 142 valence electrons. The highest BCUT2D eigenvalue weighted by atomic mass is 16.5. The van der Waals surface area contributed by atoms with Crippen molar-refractivity contribution in [2.75, 3.05) is 19.7 Å². The number of fused-ring (bicyclic) bond motifs is 1. The Bertz CT molecular complexity index is 915. The van der Waals surface area contributed by atoms with Crippen LogP contribution in [0.1, 0.15) is 35.8 Å². The minimum absolute atomic E-state index is 0.302. The van der Waals surface area contributed by atoms with Crippen LogP contribution in [0.15, 0.2) is 30.5 Å². The number of carbonyl (C=O) groups excluding carboxylic acids is 1. The van der Waals surface area contributed by atoms with Gasteiger partial charge in [0.25, 0.3) is 0 Å². The van der Waals surface area contributed by atoms with Gasteiger partial charge >= 0.3 is 5.97 Å². The average Bonchev–Trinajstić information content (AvgIpc) is 3.25. The van der Waals surface area contributed by atoms with E-state index in [0.717, 1.165) is 30.4 Å². The van der Waals surface area contributed by atoms with Crippen LogP contribution in [0, 0.1) is 0 Å². The highest BCUT2D eigenvalue weighted by Gasteiger charge is 2.25. The summed E-state index contributed by atoms with van der Waals surface area (Å²) >= 11 is 0. The van der Waals surface area contributed by atoms with Gasteiger partial charge in [-0.3, -0.25) is 4.90 Å². The zero-order valence-corrected chi connectivity index (χ0v) is 15.3. The number of hydrogen-bond donors (Lipinski definition) is 2. The first-order valence-corrected chi connectivity index (χ1v) is 9.25. The van der Waals surface area contributed by atoms with Gasteiger partial charge in [0, 0.05) is 13.1 Å². The Morgan fingerprint density at radius 3 is 3.04 bits per heavy atom. The summed E-state index contributed by atoms with van der Waals surface area (Å²) in [4.78, 5) is 22.4. The summed E-state index contributed by atoms with van der Waals surface area (Å²) in [5, 5.41) is 14.4. The zero-order chi connectivity index (χ0) is 18.8. The van der Waals surface area contributed by atoms with Crippen molar-refractivity contribution in [3.05, 3.63) is 41.7 Å². The van der Waals surface area contributed by atoms with E-state index in [9.17, 15) is 9.90 Å². The molecule has 0 amide bonds. The number of rotatable bonds is 5. The number of hydrogen-bond acceptors (Lipinski definition) is 6. The first-order valence-electron chi connectivity index (χ1n) is 9.25. The van der Waals surface area contributed by atoms with Crippen molar-refractivity contribution in [1.29, 1.82) is 0 Å². The number of aromatic amines is 1. The van der Waals surface area contributed by atoms with Crippen molar-refractivity contribution in [2.45, 2.75) is 32.4 Å². The van der Waals surface area contributed by atoms with Gasteiger partial charge in [-0.25, -0.2) is 14.5 Å². The molecule has 3 aromatic rings. The first kappa shape index (κ1) is 17.7. The van der Waals surface area contributed by atoms with Crippen LogP contribution in [0.25, 0.3) is 17.0 Å². The Morgan fingerprint density at radius 2 is 2.26 bits per heavy atom. The van der Waals surface area contributed by atoms with Gasteiger partial charge in [-0.05, 0) is 38.4 Å². The number of aliphatic hydroxyl groups is 1. The molecule has 0 aliphatic carbocycles. The molecule has 0 bridgehead atoms. The van der Waals surface area contributed by atoms with Gasteiger partial charge < -0.3 is 14.8 Å². The van der Waals surface area contributed by atoms with E-state index in [1.54, 1.807) is 11.6 Å². The minimum Gasteiger partial charge on any atom is -0.462 e. The molecular weight excluding hydrogens is 346 g/mol. The highest BCUT2D eigenvalue weighted by molar-refractivity contribution is 5.90. The van der Waals surface area contributed by atoms with Crippen molar-refractivity contribution in [1.82, 2.24) is 24.6 Å². The standard InChI is InChI=1S/C19H23N5O3/c1-2-27-18(26)14-10-20-24(17(14)12-23-9-5-6-13(25)11-23)19-21-15-7-3-4-8-16(15)22-19/h3-4,7-8,10,13,25H,2,5-6,9,11-12H2,1H3,(H,21,22). The summed E-state index contributed by atoms with van der Waals surface area (Å²) in [5.74, 6) is 0.159. The van der Waals surface area contributed by atoms with Gasteiger partial charge in [-0.15, -0.1) is 0 Å². The zero-order valence-electron chi connectivity index (χ0n) is 15.3. The lowest BCUT2D eigenvalue weighted by molar-refractivity contribution is 0.0517. The van der Waals surface area contributed by atoms with Crippen molar-refractivity contribution in [2.24, 2.45) is 0 Å². The third-order valence-electron chi connectivity index (χ3n) is 4.80. The van der Waals surface area contributed by atoms with Crippen LogP contribution in [0.4, 0.5) is 0 Å². The molecule has 1 aliphatic heterocycles. The number of likely N-dealkylation sites (tertiary alicyclic amines) is 1. The minimum atomic E-state index is -0.396. The second-order valence-corrected chi connectivity index (χ2v) is 6.75. The number of piperidine rings is 1. The fraction of sp³-hybridized carbons (Fsp3) is 0.421. The van der Waals surface area contributed by atoms with Crippen molar-refractivity contribution >= 4 is 17.0 Å². The molecule has 0 saturated carbocycles. The number of imidazole rings is 1. The lowest BCUT2D eigenvalue weighted by Gasteiger charge is -2.30. The van der Waals surface area contributed by atoms with Gasteiger partial charge in [0.2, 0.25) is 5.95 Å². The number of para-hydroxylation sites is 2. The van der Waals surface area contributed by atoms with Crippen LogP contribution >= 0.6 is 0 Å². The van der Waals surface area contributed by atoms with Crippen LogP contribution in [0.2, 0.25) is 0 Å². The molecule has 1 aliphatic rings. The lowest BCUT2D eigenvalue weighted by Crippen LogP contribution is -2.38. The van der Waals surface area contributed by atoms with E-state index >= 15 is 0 Å². The number of esters is 1. The van der Waals surface area contributed by atoms with E-state index < -0.39 is 5.97 Å². The molecule has 1 atom stereocenters. The molecule has 0 radical (unpaired) electrons. The van der Waals surface area contributed by atoms with E-state index in [1.807, 2.05) is 24.3 Å². The maximum atomic E-state index is 12.4. The molecule has 4 rings (SSSR count). The second kappa shape index (κ2) is 7.50. The molecule has 1 unspecified atom stereocenters. The Labute approximate surface area is 156 Å². The van der Waals surface area contributed by atoms with Crippen molar-refractivity contribution in [3.63, 3.8) is 0 Å². The predicted molar refractivity (Wildman–Crippen MR) is 99.7 cm³/mol. The quantitative estimate of drug-likeness (QED) is 0.667. The van der Waals surface area contributed by atoms with Crippen molar-refractivity contribution < 1.29 is 14.6 Å². The van der Waals surface area contributed by atoms with Gasteiger partial charge in [0.05, 0.1) is 35.6 Å². The molecule has 8 heteroatoms. The van der Waals surface area contributed by atoms with Crippen LogP contribution < -0.4 is 0 Å². The number of carbonyl (C=O) groups is 1. The normalized spacial score (nSPS) is 18.1. The fourth-order valence-corrected chi connectivity index (χ4v) is 3.51. The van der Waals surface area contributed by atoms with Crippen LogP contribution in [-0.2, 0) is 11.3 Å². The molecule has 2 N–H and O–H groups in total. The molecular formula is C19H23N5O3. The maximum absolute atomic E-state index is 12.4. The van der Waals surface area contributed by atoms with Crippen LogP contribution in [0.3, 0.4) is 0 Å². The molecule has 3 heterocycles. The molecule has 1 saturated heterocycles. The molecule has 27 heavy (non-hydrogen) atoms. The molecule has 1 fully saturated rings. The third kappa shape index (κ3) is 3.58. The average molecular weight is 369 g/mol. The molecule has 0 spiro atoms. The number of β-amino-alcohol motifs (C(OH)–C–C–N with tert-alkyl or cyclic N) is 1. The van der Waals surface area contributed by atoms with Crippen LogP contribution in [-0.4, -0.2) is 61.5 Å². The van der Waals surface area contributed by atoms with E-state index in [4.69, 9.17) is 4.74 Å². The first-order chi connectivity index (χ1) is 13.2. The number of H-pyrrole nitrogens is 1. The van der Waals surface area contributed by atoms with Gasteiger partial charge in [-0.1, -0.05) is 12.1 Å². The number of aromatic nitrogens is 4. The summed E-state index contributed by atoms with van der Waals surface area (Å²) < 4.78 is 6.86. The Morgan fingerprint density at radius 1 is 1.41 bits per heavy atom. The number of ether oxygens (including phenoxy) is 1. The second-order valence-electron chi connectivity index (χ2n) is 6.75. The largest absolute Gasteiger partial charge is 0.462 e. The summed E-state index contributed by atoms with van der Waals surface area (Å²) in [5.41, 5.74) is 2.87. The molecule has 8 nitrogen and oxygen atoms in total. The molecule has 2 aromatic heterocycles. The topological polar surface area (TPSA) is 96.3 Å². The van der Waals surface area contributed by atoms with Gasteiger partial charge in [0.15, 0.2) is 0 Å². The lowest BCUT2D eigenvalue weighted by atomic mass is 10.1. The summed E-state index contributed by atoms with van der Waals surface area (Å²) in [6.45, 7) is 4.01. The SMILES string of the molecule is CCOC(=O)c1cnn(-c2nc3ccccc3[nH]2)c1CN1CCCC(O)C1. The fourth-order valence-electron chi connectivity index (χ4n) is 3.51. The number of benzene rings is 1. The third-order valence-corrected chi connectivity index (χ3v) is 4.80. The smallest absolute Gasteiger partial charge is 0.341 e. The number of nitrogens with zero attached hydrogens (tertiary/aromatic N) is 4. The predicted octanol–water partition coefficient (Wildman–Crippen LogP) is 1.88. The van der Waals surface area contributed by atoms with Crippen molar-refractivity contribution in [3.8, 4) is 5.95 Å². The number of nitrogens with one attached hydrogen (secondary N) is 1. The summed E-state index contributed by atoms with van der Waals surface area (Å²) in [6.07, 6.45) is 2.92. The highest BCUT2D eigenvalue weighted by Crippen LogP contribution is 2.21. The number of aliphatic hydroxyl groups excluding tert-OH is 1. The van der Waals surface area contributed by atoms with Gasteiger partial charge in [-0.2, -0.15) is 5.10 Å². The Balaban J connectivity index is 1.72. The monoisotopic (exact) mass is 369 g/mol.